The number of carboxylic acid groups (broad SMARTS) is 1. The molecule has 0 atom stereocenters. The Kier molecular flexibility index (Phi) is 20.6. The molecule has 20 heavy (non-hydrogen) atoms. The Morgan fingerprint density at radius 1 is 0.950 bits per heavy atom. The first-order valence-electron chi connectivity index (χ1n) is 7.72. The normalized spacial score (nSPS) is 10.8. The van der Waals surface area contributed by atoms with E-state index in [0.29, 0.717) is 0 Å². The molecule has 0 heterocycles. The SMILES string of the molecule is CCCC[PH](C)(CCCC)CCCC.COC(=O)O.N. The van der Waals surface area contributed by atoms with Gasteiger partial charge in [0.05, 0.1) is 7.11 Å². The first-order valence-corrected chi connectivity index (χ1v) is 10.8. The molecule has 0 bridgehead atoms. The second-order valence-corrected chi connectivity index (χ2v) is 10.7. The summed E-state index contributed by atoms with van der Waals surface area (Å²) in [6.45, 7) is 9.63. The summed E-state index contributed by atoms with van der Waals surface area (Å²) < 4.78 is 3.67. The number of rotatable bonds is 9. The van der Waals surface area contributed by atoms with E-state index in [1.165, 1.54) is 38.5 Å². The largest absolute Gasteiger partial charge is 0.505 e. The fourth-order valence-electron chi connectivity index (χ4n) is 2.19. The van der Waals surface area contributed by atoms with Gasteiger partial charge in [-0.25, -0.2) is 4.79 Å². The van der Waals surface area contributed by atoms with Crippen molar-refractivity contribution in [2.75, 3.05) is 32.3 Å². The molecular formula is C15H38NO3P. The molecule has 0 aromatic heterocycles. The molecule has 0 saturated heterocycles. The molecule has 0 unspecified atom stereocenters. The van der Waals surface area contributed by atoms with Crippen molar-refractivity contribution in [3.8, 4) is 0 Å². The van der Waals surface area contributed by atoms with Crippen molar-refractivity contribution >= 4 is 13.4 Å². The minimum absolute atomic E-state index is 0. The average molecular weight is 311 g/mol. The molecule has 4 nitrogen and oxygen atoms in total. The zero-order valence-electron chi connectivity index (χ0n) is 14.3. The van der Waals surface area contributed by atoms with Gasteiger partial charge in [0.15, 0.2) is 0 Å². The van der Waals surface area contributed by atoms with Crippen LogP contribution in [0.25, 0.3) is 0 Å². The predicted octanol–water partition coefficient (Wildman–Crippen LogP) is 5.24. The summed E-state index contributed by atoms with van der Waals surface area (Å²) in [6, 6.07) is 0. The third-order valence-corrected chi connectivity index (χ3v) is 8.26. The second kappa shape index (κ2) is 16.7. The van der Waals surface area contributed by atoms with Crippen LogP contribution in [0.5, 0.6) is 0 Å². The van der Waals surface area contributed by atoms with Crippen molar-refractivity contribution in [2.24, 2.45) is 0 Å². The van der Waals surface area contributed by atoms with Crippen molar-refractivity contribution in [3.05, 3.63) is 0 Å². The van der Waals surface area contributed by atoms with Crippen LogP contribution in [0, 0.1) is 0 Å². The van der Waals surface area contributed by atoms with Crippen LogP contribution in [-0.2, 0) is 4.74 Å². The number of ether oxygens (including phenoxy) is 1. The summed E-state index contributed by atoms with van der Waals surface area (Å²) in [7, 11) is 0.287. The molecule has 0 aromatic carbocycles. The molecule has 0 aliphatic heterocycles. The van der Waals surface area contributed by atoms with Crippen LogP contribution in [0.1, 0.15) is 59.3 Å². The summed E-state index contributed by atoms with van der Waals surface area (Å²) in [5.41, 5.74) is 0. The quantitative estimate of drug-likeness (QED) is 0.450. The number of hydrogen-bond donors (Lipinski definition) is 2. The van der Waals surface area contributed by atoms with E-state index in [2.05, 4.69) is 32.2 Å². The Morgan fingerprint density at radius 2 is 1.20 bits per heavy atom. The minimum atomic E-state index is -1.25. The van der Waals surface area contributed by atoms with Crippen molar-refractivity contribution in [1.29, 1.82) is 0 Å². The average Bonchev–Trinajstić information content (AvgIpc) is 2.41. The third kappa shape index (κ3) is 17.7. The first kappa shape index (κ1) is 24.7. The van der Waals surface area contributed by atoms with Gasteiger partial charge in [0.25, 0.3) is 0 Å². The van der Waals surface area contributed by atoms with Gasteiger partial charge in [0, 0.05) is 0 Å². The van der Waals surface area contributed by atoms with Gasteiger partial charge in [0.1, 0.15) is 0 Å². The number of carbonyl (C=O) groups is 1. The fourth-order valence-corrected chi connectivity index (χ4v) is 6.56. The smallest absolute Gasteiger partial charge is 0.450 e. The molecule has 5 heteroatoms. The summed E-state index contributed by atoms with van der Waals surface area (Å²) in [4.78, 5) is 9.15. The number of unbranched alkanes of at least 4 members (excludes halogenated alkanes) is 3. The molecule has 126 valence electrons. The first-order chi connectivity index (χ1) is 8.95. The molecular weight excluding hydrogens is 273 g/mol. The Morgan fingerprint density at radius 3 is 1.35 bits per heavy atom. The summed E-state index contributed by atoms with van der Waals surface area (Å²) in [5.74, 6) is 0. The van der Waals surface area contributed by atoms with Gasteiger partial charge in [-0.3, -0.25) is 0 Å². The Balaban J connectivity index is -0.000000414. The maximum Gasteiger partial charge on any atom is 0.505 e. The van der Waals surface area contributed by atoms with Crippen LogP contribution in [0.3, 0.4) is 0 Å². The van der Waals surface area contributed by atoms with E-state index >= 15 is 0 Å². The Labute approximate surface area is 126 Å². The molecule has 0 rings (SSSR count). The van der Waals surface area contributed by atoms with Crippen LogP contribution in [-0.4, -0.2) is 43.5 Å². The maximum absolute atomic E-state index is 9.15. The zero-order chi connectivity index (χ0) is 15.1. The predicted molar refractivity (Wildman–Crippen MR) is 93.6 cm³/mol. The molecule has 0 fully saturated rings. The molecule has 0 spiro atoms. The minimum Gasteiger partial charge on any atom is -0.450 e. The van der Waals surface area contributed by atoms with E-state index in [1.807, 2.05) is 0 Å². The molecule has 4 N–H and O–H groups in total. The molecule has 0 saturated carbocycles. The van der Waals surface area contributed by atoms with E-state index < -0.39 is 13.4 Å². The van der Waals surface area contributed by atoms with Gasteiger partial charge in [-0.2, -0.15) is 0 Å². The molecule has 0 aromatic rings. The molecule has 0 aliphatic rings. The van der Waals surface area contributed by atoms with Crippen molar-refractivity contribution in [3.63, 3.8) is 0 Å². The van der Waals surface area contributed by atoms with Crippen LogP contribution >= 0.6 is 7.26 Å². The second-order valence-electron chi connectivity index (χ2n) is 5.59. The molecule has 0 radical (unpaired) electrons. The maximum atomic E-state index is 9.15. The van der Waals surface area contributed by atoms with E-state index in [1.54, 1.807) is 18.5 Å². The van der Waals surface area contributed by atoms with Crippen LogP contribution in [0.4, 0.5) is 4.79 Å². The number of methoxy groups -OCH3 is 1. The van der Waals surface area contributed by atoms with Crippen molar-refractivity contribution in [2.45, 2.75) is 59.3 Å². The summed E-state index contributed by atoms with van der Waals surface area (Å²) in [5, 5.41) is 7.50. The Hall–Kier alpha value is -0.340. The molecule has 0 amide bonds. The summed E-state index contributed by atoms with van der Waals surface area (Å²) >= 11 is 0. The standard InChI is InChI=1S/C13H31P.C2H4O3.H3N/c1-5-8-11-14(4,12-9-6-2)13-10-7-3;1-5-2(3)4;/h14H,5-13H2,1-4H3;1H3,(H,3,4);1H3. The van der Waals surface area contributed by atoms with Gasteiger partial charge in [-0.1, -0.05) is 0 Å². The summed E-state index contributed by atoms with van der Waals surface area (Å²) in [6.07, 6.45) is 12.1. The van der Waals surface area contributed by atoms with Gasteiger partial charge in [-0.15, -0.1) is 0 Å². The third-order valence-electron chi connectivity index (χ3n) is 3.58. The van der Waals surface area contributed by atoms with Crippen LogP contribution in [0.2, 0.25) is 0 Å². The monoisotopic (exact) mass is 311 g/mol. The fraction of sp³-hybridized carbons (Fsp3) is 0.933. The zero-order valence-corrected chi connectivity index (χ0v) is 15.3. The van der Waals surface area contributed by atoms with Gasteiger partial charge in [-0.05, 0) is 0 Å². The van der Waals surface area contributed by atoms with E-state index in [0.717, 1.165) is 7.11 Å². The topological polar surface area (TPSA) is 81.5 Å². The molecule has 0 aliphatic carbocycles. The Bertz CT molecular complexity index is 192. The van der Waals surface area contributed by atoms with E-state index in [4.69, 9.17) is 9.90 Å². The van der Waals surface area contributed by atoms with Gasteiger partial charge in [0.2, 0.25) is 0 Å². The number of hydrogen-bond acceptors (Lipinski definition) is 3. The van der Waals surface area contributed by atoms with E-state index in [-0.39, 0.29) is 6.15 Å². The van der Waals surface area contributed by atoms with Crippen LogP contribution < -0.4 is 6.15 Å². The van der Waals surface area contributed by atoms with Crippen LogP contribution in [0.15, 0.2) is 0 Å². The van der Waals surface area contributed by atoms with Crippen molar-refractivity contribution in [1.82, 2.24) is 6.15 Å². The van der Waals surface area contributed by atoms with Gasteiger partial charge < -0.3 is 16.0 Å². The van der Waals surface area contributed by atoms with Gasteiger partial charge >= 0.3 is 97.9 Å². The van der Waals surface area contributed by atoms with Crippen molar-refractivity contribution < 1.29 is 14.6 Å². The van der Waals surface area contributed by atoms with E-state index in [9.17, 15) is 0 Å².